The Morgan fingerprint density at radius 1 is 0.966 bits per heavy atom. The van der Waals surface area contributed by atoms with Crippen LogP contribution in [0.4, 0.5) is 5.82 Å². The summed E-state index contributed by atoms with van der Waals surface area (Å²) in [6.45, 7) is 2.53. The topological polar surface area (TPSA) is 85.6 Å². The van der Waals surface area contributed by atoms with Crippen molar-refractivity contribution in [1.29, 1.82) is 0 Å². The molecule has 0 saturated carbocycles. The van der Waals surface area contributed by atoms with Crippen LogP contribution < -0.4 is 14.4 Å². The molecular weight excluding hydrogens is 372 g/mol. The predicted octanol–water partition coefficient (Wildman–Crippen LogP) is 1.64. The maximum absolute atomic E-state index is 13.0. The van der Waals surface area contributed by atoms with Crippen LogP contribution in [0, 0.1) is 0 Å². The molecule has 29 heavy (non-hydrogen) atoms. The average Bonchev–Trinajstić information content (AvgIpc) is 3.33. The van der Waals surface area contributed by atoms with Crippen molar-refractivity contribution in [2.75, 3.05) is 45.3 Å². The standard InChI is InChI=1S/C20H22N6O3/c1-28-16-5-3-4-15(19(16)29-2)20(27)25-12-10-24(11-13-25)17-6-7-18(23-22-17)26-9-8-21-14-26/h3-9,14H,10-13H2,1-2H3. The number of benzene rings is 1. The lowest BCUT2D eigenvalue weighted by molar-refractivity contribution is 0.0742. The molecule has 4 rings (SSSR count). The number of carbonyl (C=O) groups excluding carboxylic acids is 1. The van der Waals surface area contributed by atoms with Gasteiger partial charge in [0.05, 0.1) is 19.8 Å². The third-order valence-electron chi connectivity index (χ3n) is 4.93. The Morgan fingerprint density at radius 3 is 2.34 bits per heavy atom. The van der Waals surface area contributed by atoms with E-state index in [1.807, 2.05) is 23.2 Å². The summed E-state index contributed by atoms with van der Waals surface area (Å²) >= 11 is 0. The van der Waals surface area contributed by atoms with Crippen molar-refractivity contribution in [3.8, 4) is 17.3 Å². The van der Waals surface area contributed by atoms with E-state index in [0.717, 1.165) is 5.82 Å². The van der Waals surface area contributed by atoms with Gasteiger partial charge >= 0.3 is 0 Å². The zero-order chi connectivity index (χ0) is 20.2. The van der Waals surface area contributed by atoms with Crippen molar-refractivity contribution >= 4 is 11.7 Å². The Kier molecular flexibility index (Phi) is 5.28. The smallest absolute Gasteiger partial charge is 0.257 e. The molecule has 0 bridgehead atoms. The number of hydrogen-bond donors (Lipinski definition) is 0. The van der Waals surface area contributed by atoms with Crippen LogP contribution in [0.1, 0.15) is 10.4 Å². The number of methoxy groups -OCH3 is 2. The molecule has 0 unspecified atom stereocenters. The minimum absolute atomic E-state index is 0.0676. The minimum Gasteiger partial charge on any atom is -0.493 e. The fraction of sp³-hybridized carbons (Fsp3) is 0.300. The van der Waals surface area contributed by atoms with Crippen molar-refractivity contribution in [3.63, 3.8) is 0 Å². The lowest BCUT2D eigenvalue weighted by Crippen LogP contribution is -2.49. The van der Waals surface area contributed by atoms with Gasteiger partial charge in [-0.25, -0.2) is 4.98 Å². The van der Waals surface area contributed by atoms with Gasteiger partial charge in [-0.3, -0.25) is 9.36 Å². The molecule has 0 N–H and O–H groups in total. The Hall–Kier alpha value is -3.62. The summed E-state index contributed by atoms with van der Waals surface area (Å²) in [6, 6.07) is 9.17. The Bertz CT molecular complexity index is 966. The molecule has 3 aromatic rings. The molecule has 1 saturated heterocycles. The molecular formula is C20H22N6O3. The summed E-state index contributed by atoms with van der Waals surface area (Å²) in [5, 5.41) is 8.58. The fourth-order valence-electron chi connectivity index (χ4n) is 3.38. The zero-order valence-electron chi connectivity index (χ0n) is 16.4. The minimum atomic E-state index is -0.0676. The van der Waals surface area contributed by atoms with Gasteiger partial charge in [0, 0.05) is 38.6 Å². The number of anilines is 1. The van der Waals surface area contributed by atoms with Gasteiger partial charge in [0.25, 0.3) is 5.91 Å². The monoisotopic (exact) mass is 394 g/mol. The van der Waals surface area contributed by atoms with E-state index in [4.69, 9.17) is 9.47 Å². The number of imidazole rings is 1. The zero-order valence-corrected chi connectivity index (χ0v) is 16.4. The van der Waals surface area contributed by atoms with Crippen molar-refractivity contribution in [2.45, 2.75) is 0 Å². The second kappa shape index (κ2) is 8.17. The lowest BCUT2D eigenvalue weighted by Gasteiger charge is -2.35. The van der Waals surface area contributed by atoms with Gasteiger partial charge < -0.3 is 19.3 Å². The molecule has 1 aromatic carbocycles. The Morgan fingerprint density at radius 2 is 1.72 bits per heavy atom. The third-order valence-corrected chi connectivity index (χ3v) is 4.93. The van der Waals surface area contributed by atoms with E-state index in [9.17, 15) is 4.79 Å². The molecule has 150 valence electrons. The number of hydrogen-bond acceptors (Lipinski definition) is 7. The number of ether oxygens (including phenoxy) is 2. The number of aromatic nitrogens is 4. The molecule has 9 nitrogen and oxygen atoms in total. The average molecular weight is 394 g/mol. The molecule has 0 atom stereocenters. The van der Waals surface area contributed by atoms with E-state index >= 15 is 0 Å². The van der Waals surface area contributed by atoms with Crippen LogP contribution in [-0.2, 0) is 0 Å². The van der Waals surface area contributed by atoms with Gasteiger partial charge in [0.1, 0.15) is 6.33 Å². The molecule has 3 heterocycles. The van der Waals surface area contributed by atoms with Gasteiger partial charge in [0.2, 0.25) is 0 Å². The van der Waals surface area contributed by atoms with Gasteiger partial charge in [-0.2, -0.15) is 0 Å². The maximum atomic E-state index is 13.0. The summed E-state index contributed by atoms with van der Waals surface area (Å²) in [7, 11) is 3.10. The number of carbonyl (C=O) groups is 1. The van der Waals surface area contributed by atoms with Gasteiger partial charge in [-0.05, 0) is 24.3 Å². The van der Waals surface area contributed by atoms with Gasteiger partial charge in [-0.15, -0.1) is 10.2 Å². The van der Waals surface area contributed by atoms with Crippen LogP contribution in [0.25, 0.3) is 5.82 Å². The van der Waals surface area contributed by atoms with E-state index < -0.39 is 0 Å². The van der Waals surface area contributed by atoms with E-state index in [-0.39, 0.29) is 5.91 Å². The Balaban J connectivity index is 1.42. The first kappa shape index (κ1) is 18.7. The SMILES string of the molecule is COc1cccc(C(=O)N2CCN(c3ccc(-n4ccnc4)nn3)CC2)c1OC. The number of piperazine rings is 1. The summed E-state index contributed by atoms with van der Waals surface area (Å²) in [6.07, 6.45) is 5.20. The molecule has 1 aliphatic heterocycles. The maximum Gasteiger partial charge on any atom is 0.257 e. The van der Waals surface area contributed by atoms with Crippen LogP contribution in [0.15, 0.2) is 49.1 Å². The molecule has 9 heteroatoms. The van der Waals surface area contributed by atoms with Crippen molar-refractivity contribution in [3.05, 3.63) is 54.6 Å². The molecule has 0 spiro atoms. The highest BCUT2D eigenvalue weighted by atomic mass is 16.5. The van der Waals surface area contributed by atoms with Crippen LogP contribution in [-0.4, -0.2) is 71.0 Å². The highest BCUT2D eigenvalue weighted by Gasteiger charge is 2.26. The number of rotatable bonds is 5. The van der Waals surface area contributed by atoms with Crippen molar-refractivity contribution in [2.24, 2.45) is 0 Å². The second-order valence-electron chi connectivity index (χ2n) is 6.54. The summed E-state index contributed by atoms with van der Waals surface area (Å²) in [5.74, 6) is 2.45. The van der Waals surface area contributed by atoms with E-state index in [0.29, 0.717) is 49.1 Å². The molecule has 1 aliphatic rings. The lowest BCUT2D eigenvalue weighted by atomic mass is 10.1. The number of nitrogens with zero attached hydrogens (tertiary/aromatic N) is 6. The molecule has 0 aliphatic carbocycles. The number of amides is 1. The van der Waals surface area contributed by atoms with E-state index in [2.05, 4.69) is 20.1 Å². The van der Waals surface area contributed by atoms with Crippen LogP contribution in [0.5, 0.6) is 11.5 Å². The Labute approximate surface area is 168 Å². The summed E-state index contributed by atoms with van der Waals surface area (Å²) in [4.78, 5) is 21.0. The molecule has 2 aromatic heterocycles. The van der Waals surface area contributed by atoms with Gasteiger partial charge in [0.15, 0.2) is 23.1 Å². The third kappa shape index (κ3) is 3.71. The van der Waals surface area contributed by atoms with E-state index in [1.165, 1.54) is 0 Å². The van der Waals surface area contributed by atoms with Crippen LogP contribution in [0.2, 0.25) is 0 Å². The highest BCUT2D eigenvalue weighted by Crippen LogP contribution is 2.31. The van der Waals surface area contributed by atoms with Crippen LogP contribution in [0.3, 0.4) is 0 Å². The predicted molar refractivity (Wildman–Crippen MR) is 107 cm³/mol. The summed E-state index contributed by atoms with van der Waals surface area (Å²) in [5.41, 5.74) is 0.504. The van der Waals surface area contributed by atoms with Crippen LogP contribution >= 0.6 is 0 Å². The number of para-hydroxylation sites is 1. The first-order valence-corrected chi connectivity index (χ1v) is 9.28. The molecule has 0 radical (unpaired) electrons. The largest absolute Gasteiger partial charge is 0.493 e. The van der Waals surface area contributed by atoms with Crippen molar-refractivity contribution in [1.82, 2.24) is 24.6 Å². The van der Waals surface area contributed by atoms with Crippen molar-refractivity contribution < 1.29 is 14.3 Å². The van der Waals surface area contributed by atoms with Gasteiger partial charge in [-0.1, -0.05) is 6.07 Å². The van der Waals surface area contributed by atoms with E-state index in [1.54, 1.807) is 49.5 Å². The highest BCUT2D eigenvalue weighted by molar-refractivity contribution is 5.98. The first-order valence-electron chi connectivity index (χ1n) is 9.28. The normalized spacial score (nSPS) is 14.0. The quantitative estimate of drug-likeness (QED) is 0.650. The summed E-state index contributed by atoms with van der Waals surface area (Å²) < 4.78 is 12.5. The first-order chi connectivity index (χ1) is 14.2. The molecule has 1 amide bonds. The second-order valence-corrected chi connectivity index (χ2v) is 6.54. The molecule has 1 fully saturated rings. The fourth-order valence-corrected chi connectivity index (χ4v) is 3.38.